The molecule has 1 aliphatic heterocycles. The molecule has 0 spiro atoms. The Morgan fingerprint density at radius 1 is 1.53 bits per heavy atom. The van der Waals surface area contributed by atoms with Gasteiger partial charge in [-0.05, 0) is 26.2 Å². The van der Waals surface area contributed by atoms with E-state index in [-0.39, 0.29) is 16.9 Å². The number of carbonyl (C=O) groups is 1. The van der Waals surface area contributed by atoms with E-state index >= 15 is 0 Å². The molecule has 2 N–H and O–H groups in total. The molecular weight excluding hydrogens is 236 g/mol. The van der Waals surface area contributed by atoms with E-state index in [0.717, 1.165) is 26.1 Å². The highest BCUT2D eigenvalue weighted by molar-refractivity contribution is 7.80. The van der Waals surface area contributed by atoms with Gasteiger partial charge in [-0.3, -0.25) is 4.79 Å². The zero-order valence-corrected chi connectivity index (χ0v) is 11.7. The van der Waals surface area contributed by atoms with Gasteiger partial charge >= 0.3 is 0 Å². The molecule has 1 aliphatic rings. The van der Waals surface area contributed by atoms with Crippen LogP contribution in [0.25, 0.3) is 0 Å². The van der Waals surface area contributed by atoms with E-state index in [1.165, 1.54) is 0 Å². The minimum absolute atomic E-state index is 0.0272. The molecule has 0 aromatic rings. The van der Waals surface area contributed by atoms with Crippen molar-refractivity contribution in [1.29, 1.82) is 0 Å². The van der Waals surface area contributed by atoms with Gasteiger partial charge < -0.3 is 15.4 Å². The number of hydrogen-bond donors (Lipinski definition) is 1. The summed E-state index contributed by atoms with van der Waals surface area (Å²) < 4.78 is 5.30. The summed E-state index contributed by atoms with van der Waals surface area (Å²) >= 11 is 5.03. The topological polar surface area (TPSA) is 55.6 Å². The number of thiocarbonyl (C=S) groups is 1. The first-order chi connectivity index (χ1) is 7.93. The number of ether oxygens (including phenoxy) is 1. The van der Waals surface area contributed by atoms with Crippen molar-refractivity contribution in [3.05, 3.63) is 0 Å². The van der Waals surface area contributed by atoms with Gasteiger partial charge in [-0.25, -0.2) is 0 Å². The predicted molar refractivity (Wildman–Crippen MR) is 71.8 cm³/mol. The lowest BCUT2D eigenvalue weighted by Crippen LogP contribution is -2.51. The van der Waals surface area contributed by atoms with Gasteiger partial charge in [0.25, 0.3) is 0 Å². The normalized spacial score (nSPS) is 20.6. The molecule has 1 saturated heterocycles. The third kappa shape index (κ3) is 2.96. The Labute approximate surface area is 108 Å². The standard InChI is InChI=1S/C12H22N2O2S/c1-4-12(2,10(13)17)11(15)14(3)9-5-7-16-8-6-9/h9H,4-8H2,1-3H3,(H2,13,17). The predicted octanol–water partition coefficient (Wildman–Crippen LogP) is 1.33. The van der Waals surface area contributed by atoms with Crippen molar-refractivity contribution >= 4 is 23.1 Å². The molecule has 0 bridgehead atoms. The molecular formula is C12H22N2O2S. The van der Waals surface area contributed by atoms with Crippen molar-refractivity contribution in [2.24, 2.45) is 11.1 Å². The van der Waals surface area contributed by atoms with E-state index in [1.807, 2.05) is 20.9 Å². The van der Waals surface area contributed by atoms with Crippen LogP contribution >= 0.6 is 12.2 Å². The van der Waals surface area contributed by atoms with Crippen molar-refractivity contribution in [2.45, 2.75) is 39.2 Å². The lowest BCUT2D eigenvalue weighted by Gasteiger charge is -2.37. The third-order valence-electron chi connectivity index (χ3n) is 3.78. The maximum atomic E-state index is 12.5. The molecule has 1 fully saturated rings. The van der Waals surface area contributed by atoms with Crippen LogP contribution in [0, 0.1) is 5.41 Å². The monoisotopic (exact) mass is 258 g/mol. The molecule has 5 heteroatoms. The molecule has 17 heavy (non-hydrogen) atoms. The van der Waals surface area contributed by atoms with Crippen LogP contribution in [0.4, 0.5) is 0 Å². The quantitative estimate of drug-likeness (QED) is 0.773. The van der Waals surface area contributed by atoms with Gasteiger partial charge in [-0.15, -0.1) is 0 Å². The second-order valence-corrected chi connectivity index (χ2v) is 5.25. The largest absolute Gasteiger partial charge is 0.392 e. The molecule has 1 heterocycles. The van der Waals surface area contributed by atoms with Gasteiger partial charge in [-0.2, -0.15) is 0 Å². The molecule has 98 valence electrons. The highest BCUT2D eigenvalue weighted by Crippen LogP contribution is 2.26. The SMILES string of the molecule is CCC(C)(C(=O)N(C)C1CCOCC1)C(N)=S. The summed E-state index contributed by atoms with van der Waals surface area (Å²) in [5, 5.41) is 0. The molecule has 0 radical (unpaired) electrons. The van der Waals surface area contributed by atoms with Crippen molar-refractivity contribution in [3.63, 3.8) is 0 Å². The zero-order valence-electron chi connectivity index (χ0n) is 10.9. The van der Waals surface area contributed by atoms with E-state index in [1.54, 1.807) is 4.90 Å². The summed E-state index contributed by atoms with van der Waals surface area (Å²) in [7, 11) is 1.84. The molecule has 1 amide bonds. The molecule has 4 nitrogen and oxygen atoms in total. The van der Waals surface area contributed by atoms with E-state index in [2.05, 4.69) is 0 Å². The lowest BCUT2D eigenvalue weighted by molar-refractivity contribution is -0.140. The Morgan fingerprint density at radius 2 is 2.06 bits per heavy atom. The molecule has 1 unspecified atom stereocenters. The number of nitrogens with two attached hydrogens (primary N) is 1. The van der Waals surface area contributed by atoms with Crippen LogP contribution in [0.15, 0.2) is 0 Å². The average molecular weight is 258 g/mol. The summed E-state index contributed by atoms with van der Waals surface area (Å²) in [6.45, 7) is 5.21. The molecule has 0 saturated carbocycles. The Kier molecular flexibility index (Phi) is 4.89. The first-order valence-corrected chi connectivity index (χ1v) is 6.49. The van der Waals surface area contributed by atoms with E-state index in [4.69, 9.17) is 22.7 Å². The maximum absolute atomic E-state index is 12.5. The van der Waals surface area contributed by atoms with Crippen LogP contribution in [-0.2, 0) is 9.53 Å². The summed E-state index contributed by atoms with van der Waals surface area (Å²) in [6, 6.07) is 0.247. The Morgan fingerprint density at radius 3 is 2.47 bits per heavy atom. The Hall–Kier alpha value is -0.680. The van der Waals surface area contributed by atoms with Gasteiger partial charge in [0.05, 0.1) is 10.4 Å². The lowest BCUT2D eigenvalue weighted by atomic mass is 9.85. The highest BCUT2D eigenvalue weighted by atomic mass is 32.1. The fraction of sp³-hybridized carbons (Fsp3) is 0.833. The summed E-state index contributed by atoms with van der Waals surface area (Å²) in [5.74, 6) is 0.0272. The second kappa shape index (κ2) is 5.78. The Balaban J connectivity index is 2.76. The van der Waals surface area contributed by atoms with Crippen LogP contribution in [0.2, 0.25) is 0 Å². The van der Waals surface area contributed by atoms with Crippen LogP contribution in [-0.4, -0.2) is 42.1 Å². The van der Waals surface area contributed by atoms with Crippen LogP contribution in [0.1, 0.15) is 33.1 Å². The zero-order chi connectivity index (χ0) is 13.1. The molecule has 1 rings (SSSR count). The second-order valence-electron chi connectivity index (χ2n) is 4.81. The van der Waals surface area contributed by atoms with Crippen LogP contribution in [0.5, 0.6) is 0 Å². The van der Waals surface area contributed by atoms with Crippen molar-refractivity contribution in [1.82, 2.24) is 4.90 Å². The maximum Gasteiger partial charge on any atom is 0.235 e. The van der Waals surface area contributed by atoms with Crippen molar-refractivity contribution in [2.75, 3.05) is 20.3 Å². The first-order valence-electron chi connectivity index (χ1n) is 6.08. The van der Waals surface area contributed by atoms with Crippen molar-refractivity contribution < 1.29 is 9.53 Å². The number of rotatable bonds is 4. The number of carbonyl (C=O) groups excluding carboxylic acids is 1. The minimum Gasteiger partial charge on any atom is -0.392 e. The summed E-state index contributed by atoms with van der Waals surface area (Å²) in [5.41, 5.74) is 4.99. The molecule has 0 aromatic carbocycles. The van der Waals surface area contributed by atoms with Gasteiger partial charge in [0.15, 0.2) is 0 Å². The van der Waals surface area contributed by atoms with Crippen LogP contribution < -0.4 is 5.73 Å². The fourth-order valence-electron chi connectivity index (χ4n) is 2.06. The average Bonchev–Trinajstić information content (AvgIpc) is 2.36. The van der Waals surface area contributed by atoms with Gasteiger partial charge in [0.2, 0.25) is 5.91 Å². The molecule has 0 aliphatic carbocycles. The van der Waals surface area contributed by atoms with Crippen LogP contribution in [0.3, 0.4) is 0 Å². The smallest absolute Gasteiger partial charge is 0.235 e. The first kappa shape index (κ1) is 14.4. The van der Waals surface area contributed by atoms with E-state index in [9.17, 15) is 4.79 Å². The van der Waals surface area contributed by atoms with Gasteiger partial charge in [0.1, 0.15) is 0 Å². The summed E-state index contributed by atoms with van der Waals surface area (Å²) in [6.07, 6.45) is 2.41. The summed E-state index contributed by atoms with van der Waals surface area (Å²) in [4.78, 5) is 14.5. The highest BCUT2D eigenvalue weighted by Gasteiger charge is 2.38. The van der Waals surface area contributed by atoms with Crippen molar-refractivity contribution in [3.8, 4) is 0 Å². The minimum atomic E-state index is -0.720. The van der Waals surface area contributed by atoms with E-state index < -0.39 is 5.41 Å². The molecule has 1 atom stereocenters. The fourth-order valence-corrected chi connectivity index (χ4v) is 2.29. The van der Waals surface area contributed by atoms with Gasteiger partial charge in [0, 0.05) is 26.3 Å². The third-order valence-corrected chi connectivity index (χ3v) is 4.23. The number of amides is 1. The number of hydrogen-bond acceptors (Lipinski definition) is 3. The Bertz CT molecular complexity index is 303. The molecule has 0 aromatic heterocycles. The number of nitrogens with zero attached hydrogens (tertiary/aromatic N) is 1. The van der Waals surface area contributed by atoms with E-state index in [0.29, 0.717) is 6.42 Å². The van der Waals surface area contributed by atoms with Gasteiger partial charge in [-0.1, -0.05) is 19.1 Å².